The Bertz CT molecular complexity index is 613. The first kappa shape index (κ1) is 12.2. The fourth-order valence-electron chi connectivity index (χ4n) is 2.48. The number of nitrogens with zero attached hydrogens (tertiary/aromatic N) is 1. The number of thiophene rings is 1. The Morgan fingerprint density at radius 2 is 2.16 bits per heavy atom. The first-order valence-electron chi connectivity index (χ1n) is 6.42. The molecule has 1 amide bonds. The molecule has 19 heavy (non-hydrogen) atoms. The summed E-state index contributed by atoms with van der Waals surface area (Å²) >= 11 is 1.47. The molecule has 0 fully saturated rings. The molecule has 3 nitrogen and oxygen atoms in total. The summed E-state index contributed by atoms with van der Waals surface area (Å²) in [7, 11) is 0. The summed E-state index contributed by atoms with van der Waals surface area (Å²) in [5.41, 5.74) is 8.85. The van der Waals surface area contributed by atoms with E-state index in [9.17, 15) is 4.79 Å². The Hall–Kier alpha value is -1.81. The highest BCUT2D eigenvalue weighted by Gasteiger charge is 2.24. The van der Waals surface area contributed by atoms with Crippen molar-refractivity contribution in [1.82, 2.24) is 0 Å². The second kappa shape index (κ2) is 4.70. The smallest absolute Gasteiger partial charge is 0.268 e. The van der Waals surface area contributed by atoms with Crippen molar-refractivity contribution in [3.8, 4) is 0 Å². The predicted octanol–water partition coefficient (Wildman–Crippen LogP) is 3.23. The Morgan fingerprint density at radius 3 is 2.89 bits per heavy atom. The van der Waals surface area contributed by atoms with Crippen LogP contribution >= 0.6 is 11.3 Å². The van der Waals surface area contributed by atoms with Crippen LogP contribution in [0.5, 0.6) is 0 Å². The van der Waals surface area contributed by atoms with Gasteiger partial charge >= 0.3 is 0 Å². The minimum Gasteiger partial charge on any atom is -0.398 e. The first-order valence-corrected chi connectivity index (χ1v) is 7.24. The molecule has 0 bridgehead atoms. The van der Waals surface area contributed by atoms with Crippen LogP contribution in [0.2, 0.25) is 0 Å². The third-order valence-electron chi connectivity index (χ3n) is 3.52. The lowest BCUT2D eigenvalue weighted by Gasteiger charge is -2.29. The Kier molecular flexibility index (Phi) is 3.03. The van der Waals surface area contributed by atoms with E-state index in [4.69, 9.17) is 5.73 Å². The number of hydrogen-bond donors (Lipinski definition) is 1. The summed E-state index contributed by atoms with van der Waals surface area (Å²) in [5.74, 6) is 0.0666. The molecule has 0 atom stereocenters. The lowest BCUT2D eigenvalue weighted by molar-refractivity contribution is 0.0989. The molecule has 3 rings (SSSR count). The molecule has 1 aliphatic rings. The lowest BCUT2D eigenvalue weighted by Crippen LogP contribution is -2.34. The minimum absolute atomic E-state index is 0.0666. The molecule has 1 aromatic carbocycles. The normalized spacial score (nSPS) is 14.3. The van der Waals surface area contributed by atoms with Gasteiger partial charge in [0.25, 0.3) is 5.91 Å². The molecule has 0 aliphatic carbocycles. The Labute approximate surface area is 116 Å². The molecular formula is C15H16N2OS. The summed E-state index contributed by atoms with van der Waals surface area (Å²) in [6.45, 7) is 2.73. The van der Waals surface area contributed by atoms with E-state index in [-0.39, 0.29) is 5.91 Å². The summed E-state index contributed by atoms with van der Waals surface area (Å²) in [6, 6.07) is 9.93. The molecule has 0 saturated carbocycles. The maximum atomic E-state index is 12.6. The zero-order valence-corrected chi connectivity index (χ0v) is 11.7. The van der Waals surface area contributed by atoms with E-state index in [1.807, 2.05) is 30.0 Å². The van der Waals surface area contributed by atoms with E-state index in [0.717, 1.165) is 34.8 Å². The number of aryl methyl sites for hydroxylation is 2. The van der Waals surface area contributed by atoms with Gasteiger partial charge in [0, 0.05) is 22.8 Å². The van der Waals surface area contributed by atoms with Crippen molar-refractivity contribution in [3.05, 3.63) is 45.6 Å². The van der Waals surface area contributed by atoms with Gasteiger partial charge in [0.05, 0.1) is 4.88 Å². The Morgan fingerprint density at radius 1 is 1.37 bits per heavy atom. The number of nitrogen functional groups attached to an aromatic ring is 1. The topological polar surface area (TPSA) is 46.3 Å². The van der Waals surface area contributed by atoms with Gasteiger partial charge in [-0.25, -0.2) is 0 Å². The molecule has 0 unspecified atom stereocenters. The van der Waals surface area contributed by atoms with Crippen molar-refractivity contribution in [1.29, 1.82) is 0 Å². The number of carbonyl (C=O) groups excluding carboxylic acids is 1. The fourth-order valence-corrected chi connectivity index (χ4v) is 3.37. The van der Waals surface area contributed by atoms with Crippen LogP contribution in [0, 0.1) is 6.92 Å². The number of nitrogens with two attached hydrogens (primary N) is 1. The van der Waals surface area contributed by atoms with Crippen LogP contribution in [0.1, 0.15) is 26.5 Å². The van der Waals surface area contributed by atoms with Crippen LogP contribution in [0.25, 0.3) is 0 Å². The number of hydrogen-bond acceptors (Lipinski definition) is 3. The molecule has 2 heterocycles. The van der Waals surface area contributed by atoms with Gasteiger partial charge in [-0.15, -0.1) is 11.3 Å². The van der Waals surface area contributed by atoms with E-state index in [0.29, 0.717) is 5.69 Å². The number of carbonyl (C=O) groups is 1. The lowest BCUT2D eigenvalue weighted by atomic mass is 10.0. The average molecular weight is 272 g/mol. The van der Waals surface area contributed by atoms with E-state index in [1.54, 1.807) is 6.07 Å². The first-order chi connectivity index (χ1) is 9.16. The largest absolute Gasteiger partial charge is 0.398 e. The average Bonchev–Trinajstić information content (AvgIpc) is 2.77. The molecule has 4 heteroatoms. The van der Waals surface area contributed by atoms with Crippen molar-refractivity contribution in [3.63, 3.8) is 0 Å². The SMILES string of the molecule is Cc1sc(C(=O)N2CCCc3ccccc32)cc1N. The number of fused-ring (bicyclic) bond motifs is 1. The van der Waals surface area contributed by atoms with Gasteiger partial charge in [0.15, 0.2) is 0 Å². The summed E-state index contributed by atoms with van der Waals surface area (Å²) in [4.78, 5) is 16.2. The molecule has 1 aromatic heterocycles. The maximum Gasteiger partial charge on any atom is 0.268 e. The van der Waals surface area contributed by atoms with Crippen LogP contribution < -0.4 is 10.6 Å². The number of rotatable bonds is 1. The predicted molar refractivity (Wildman–Crippen MR) is 79.9 cm³/mol. The minimum atomic E-state index is 0.0666. The number of benzene rings is 1. The Balaban J connectivity index is 1.97. The molecule has 1 aliphatic heterocycles. The molecule has 98 valence electrons. The summed E-state index contributed by atoms with van der Waals surface area (Å²) in [5, 5.41) is 0. The monoisotopic (exact) mass is 272 g/mol. The van der Waals surface area contributed by atoms with Gasteiger partial charge < -0.3 is 10.6 Å². The molecule has 0 spiro atoms. The molecule has 0 radical (unpaired) electrons. The highest BCUT2D eigenvalue weighted by Crippen LogP contribution is 2.31. The van der Waals surface area contributed by atoms with Gasteiger partial charge in [0.1, 0.15) is 0 Å². The number of amides is 1. The van der Waals surface area contributed by atoms with Crippen LogP contribution in [-0.4, -0.2) is 12.5 Å². The highest BCUT2D eigenvalue weighted by atomic mass is 32.1. The summed E-state index contributed by atoms with van der Waals surface area (Å²) in [6.07, 6.45) is 2.06. The van der Waals surface area contributed by atoms with E-state index in [2.05, 4.69) is 6.07 Å². The maximum absolute atomic E-state index is 12.6. The molecule has 2 aromatic rings. The zero-order chi connectivity index (χ0) is 13.4. The highest BCUT2D eigenvalue weighted by molar-refractivity contribution is 7.14. The van der Waals surface area contributed by atoms with Crippen LogP contribution in [0.4, 0.5) is 11.4 Å². The fraction of sp³-hybridized carbons (Fsp3) is 0.267. The second-order valence-corrected chi connectivity index (χ2v) is 6.07. The van der Waals surface area contributed by atoms with E-state index < -0.39 is 0 Å². The number of anilines is 2. The van der Waals surface area contributed by atoms with Gasteiger partial charge in [-0.3, -0.25) is 4.79 Å². The van der Waals surface area contributed by atoms with Crippen molar-refractivity contribution in [2.24, 2.45) is 0 Å². The van der Waals surface area contributed by atoms with Gasteiger partial charge in [-0.05, 0) is 37.5 Å². The van der Waals surface area contributed by atoms with Crippen LogP contribution in [0.15, 0.2) is 30.3 Å². The third kappa shape index (κ3) is 2.12. The third-order valence-corrected chi connectivity index (χ3v) is 4.58. The van der Waals surface area contributed by atoms with Crippen molar-refractivity contribution in [2.45, 2.75) is 19.8 Å². The van der Waals surface area contributed by atoms with E-state index in [1.165, 1.54) is 16.9 Å². The van der Waals surface area contributed by atoms with Crippen molar-refractivity contribution >= 4 is 28.6 Å². The van der Waals surface area contributed by atoms with Gasteiger partial charge in [-0.1, -0.05) is 18.2 Å². The molecular weight excluding hydrogens is 256 g/mol. The van der Waals surface area contributed by atoms with Crippen molar-refractivity contribution in [2.75, 3.05) is 17.2 Å². The van der Waals surface area contributed by atoms with Gasteiger partial charge in [-0.2, -0.15) is 0 Å². The standard InChI is InChI=1S/C15H16N2OS/c1-10-12(16)9-14(19-10)15(18)17-8-4-6-11-5-2-3-7-13(11)17/h2-3,5,7,9H,4,6,8,16H2,1H3. The quantitative estimate of drug-likeness (QED) is 0.866. The van der Waals surface area contributed by atoms with Crippen molar-refractivity contribution < 1.29 is 4.79 Å². The summed E-state index contributed by atoms with van der Waals surface area (Å²) < 4.78 is 0. The molecule has 0 saturated heterocycles. The van der Waals surface area contributed by atoms with Crippen LogP contribution in [-0.2, 0) is 6.42 Å². The van der Waals surface area contributed by atoms with Crippen LogP contribution in [0.3, 0.4) is 0 Å². The second-order valence-electron chi connectivity index (χ2n) is 4.81. The van der Waals surface area contributed by atoms with E-state index >= 15 is 0 Å². The number of para-hydroxylation sites is 1. The molecule has 2 N–H and O–H groups in total. The van der Waals surface area contributed by atoms with Gasteiger partial charge in [0.2, 0.25) is 0 Å². The zero-order valence-electron chi connectivity index (χ0n) is 10.8.